The summed E-state index contributed by atoms with van der Waals surface area (Å²) in [5.41, 5.74) is 3.04. The predicted molar refractivity (Wildman–Crippen MR) is 123 cm³/mol. The first-order valence-electron chi connectivity index (χ1n) is 11.1. The fourth-order valence-electron chi connectivity index (χ4n) is 4.30. The van der Waals surface area contributed by atoms with E-state index >= 15 is 0 Å². The number of H-pyrrole nitrogens is 1. The quantitative estimate of drug-likeness (QED) is 0.503. The van der Waals surface area contributed by atoms with Gasteiger partial charge in [-0.1, -0.05) is 0 Å². The molecule has 1 saturated heterocycles. The SMILES string of the molecule is Cc1ccn2ncc(-c3ncc4[nH]c(=O)n(C5CCCN(C(=O)OC(C)(C)C)C5)c4n3)c2c1. The molecule has 0 saturated carbocycles. The maximum atomic E-state index is 12.9. The monoisotopic (exact) mass is 449 g/mol. The van der Waals surface area contributed by atoms with E-state index in [1.54, 1.807) is 26.4 Å². The molecule has 1 amide bonds. The maximum absolute atomic E-state index is 12.9. The van der Waals surface area contributed by atoms with E-state index in [0.29, 0.717) is 30.1 Å². The van der Waals surface area contributed by atoms with Crippen molar-refractivity contribution in [3.63, 3.8) is 0 Å². The van der Waals surface area contributed by atoms with Crippen molar-refractivity contribution in [2.45, 2.75) is 52.2 Å². The van der Waals surface area contributed by atoms with E-state index in [1.807, 2.05) is 46.0 Å². The predicted octanol–water partition coefficient (Wildman–Crippen LogP) is 3.31. The molecule has 10 nitrogen and oxygen atoms in total. The summed E-state index contributed by atoms with van der Waals surface area (Å²) in [4.78, 5) is 39.3. The minimum Gasteiger partial charge on any atom is -0.444 e. The van der Waals surface area contributed by atoms with Gasteiger partial charge in [-0.3, -0.25) is 4.57 Å². The number of ether oxygens (including phenoxy) is 1. The minimum absolute atomic E-state index is 0.207. The molecule has 1 N–H and O–H groups in total. The number of aryl methyl sites for hydroxylation is 1. The summed E-state index contributed by atoms with van der Waals surface area (Å²) in [5.74, 6) is 0.496. The molecule has 4 aromatic heterocycles. The minimum atomic E-state index is -0.573. The van der Waals surface area contributed by atoms with Crippen LogP contribution < -0.4 is 5.69 Å². The molecule has 1 aliphatic heterocycles. The summed E-state index contributed by atoms with van der Waals surface area (Å²) in [6.45, 7) is 8.54. The molecule has 1 aliphatic rings. The van der Waals surface area contributed by atoms with E-state index in [0.717, 1.165) is 29.5 Å². The number of nitrogens with zero attached hydrogens (tertiary/aromatic N) is 6. The lowest BCUT2D eigenvalue weighted by atomic mass is 10.1. The molecule has 1 unspecified atom stereocenters. The second-order valence-electron chi connectivity index (χ2n) is 9.55. The van der Waals surface area contributed by atoms with E-state index in [9.17, 15) is 9.59 Å². The molecule has 0 radical (unpaired) electrons. The first-order valence-corrected chi connectivity index (χ1v) is 11.1. The highest BCUT2D eigenvalue weighted by Crippen LogP contribution is 2.27. The van der Waals surface area contributed by atoms with Crippen LogP contribution in [-0.4, -0.2) is 58.8 Å². The molecule has 0 bridgehead atoms. The number of carbonyl (C=O) groups is 1. The number of fused-ring (bicyclic) bond motifs is 2. The Balaban J connectivity index is 1.52. The van der Waals surface area contributed by atoms with E-state index < -0.39 is 5.60 Å². The lowest BCUT2D eigenvalue weighted by Crippen LogP contribution is -2.44. The molecular formula is C23H27N7O3. The van der Waals surface area contributed by atoms with Crippen molar-refractivity contribution < 1.29 is 9.53 Å². The van der Waals surface area contributed by atoms with Gasteiger partial charge in [-0.2, -0.15) is 5.10 Å². The summed E-state index contributed by atoms with van der Waals surface area (Å²) in [6, 6.07) is 3.80. The Kier molecular flexibility index (Phi) is 4.95. The molecule has 5 rings (SSSR count). The van der Waals surface area contributed by atoms with Gasteiger partial charge in [0.15, 0.2) is 11.5 Å². The van der Waals surface area contributed by atoms with Crippen molar-refractivity contribution in [3.05, 3.63) is 46.8 Å². The van der Waals surface area contributed by atoms with Gasteiger partial charge in [0, 0.05) is 19.3 Å². The normalized spacial score (nSPS) is 17.1. The highest BCUT2D eigenvalue weighted by atomic mass is 16.6. The van der Waals surface area contributed by atoms with E-state index in [1.165, 1.54) is 0 Å². The van der Waals surface area contributed by atoms with Crippen LogP contribution in [-0.2, 0) is 4.74 Å². The number of amides is 1. The second kappa shape index (κ2) is 7.72. The average molecular weight is 450 g/mol. The molecular weight excluding hydrogens is 422 g/mol. The van der Waals surface area contributed by atoms with Crippen molar-refractivity contribution in [1.82, 2.24) is 34.0 Å². The van der Waals surface area contributed by atoms with Crippen molar-refractivity contribution in [3.8, 4) is 11.4 Å². The van der Waals surface area contributed by atoms with Crippen LogP contribution in [0.4, 0.5) is 4.79 Å². The number of nitrogens with one attached hydrogen (secondary N) is 1. The van der Waals surface area contributed by atoms with Crippen LogP contribution in [0.5, 0.6) is 0 Å². The molecule has 0 aliphatic carbocycles. The highest BCUT2D eigenvalue weighted by molar-refractivity contribution is 5.79. The number of imidazole rings is 1. The molecule has 172 valence electrons. The van der Waals surface area contributed by atoms with Crippen LogP contribution in [0, 0.1) is 6.92 Å². The van der Waals surface area contributed by atoms with Gasteiger partial charge in [0.25, 0.3) is 0 Å². The number of aromatic nitrogens is 6. The van der Waals surface area contributed by atoms with Crippen LogP contribution in [0.1, 0.15) is 45.2 Å². The third-order valence-corrected chi connectivity index (χ3v) is 5.79. The van der Waals surface area contributed by atoms with Gasteiger partial charge in [-0.15, -0.1) is 0 Å². The molecule has 10 heteroatoms. The van der Waals surface area contributed by atoms with E-state index in [-0.39, 0.29) is 17.8 Å². The van der Waals surface area contributed by atoms with Gasteiger partial charge >= 0.3 is 11.8 Å². The summed E-state index contributed by atoms with van der Waals surface area (Å²) in [6.07, 6.45) is 6.43. The fraction of sp³-hybridized carbons (Fsp3) is 0.435. The zero-order valence-corrected chi connectivity index (χ0v) is 19.2. The van der Waals surface area contributed by atoms with Crippen molar-refractivity contribution in [2.75, 3.05) is 13.1 Å². The number of pyridine rings is 1. The molecule has 1 atom stereocenters. The molecule has 1 fully saturated rings. The molecule has 4 aromatic rings. The highest BCUT2D eigenvalue weighted by Gasteiger charge is 2.30. The Morgan fingerprint density at radius 3 is 2.88 bits per heavy atom. The average Bonchev–Trinajstić information content (AvgIpc) is 3.31. The Bertz CT molecular complexity index is 1410. The third-order valence-electron chi connectivity index (χ3n) is 5.79. The fourth-order valence-corrected chi connectivity index (χ4v) is 4.30. The Morgan fingerprint density at radius 2 is 2.09 bits per heavy atom. The van der Waals surface area contributed by atoms with Gasteiger partial charge in [0.1, 0.15) is 11.1 Å². The third kappa shape index (κ3) is 3.96. The Morgan fingerprint density at radius 1 is 1.27 bits per heavy atom. The standard InChI is InChI=1S/C23H27N7O3/c1-14-7-9-29-18(10-14)16(11-25-29)19-24-12-17-20(27-19)30(21(31)26-17)15-6-5-8-28(13-15)22(32)33-23(2,3)4/h7,9-12,15H,5-6,8,13H2,1-4H3,(H,26,31). The van der Waals surface area contributed by atoms with Gasteiger partial charge < -0.3 is 14.6 Å². The number of rotatable bonds is 2. The number of aromatic amines is 1. The summed E-state index contributed by atoms with van der Waals surface area (Å²) >= 11 is 0. The van der Waals surface area contributed by atoms with Gasteiger partial charge in [0.2, 0.25) is 0 Å². The Labute approximate surface area is 190 Å². The number of likely N-dealkylation sites (tertiary alicyclic amines) is 1. The van der Waals surface area contributed by atoms with Crippen LogP contribution >= 0.6 is 0 Å². The van der Waals surface area contributed by atoms with Crippen molar-refractivity contribution in [1.29, 1.82) is 0 Å². The van der Waals surface area contributed by atoms with E-state index in [4.69, 9.17) is 9.72 Å². The zero-order chi connectivity index (χ0) is 23.3. The largest absolute Gasteiger partial charge is 0.444 e. The second-order valence-corrected chi connectivity index (χ2v) is 9.55. The number of hydrogen-bond donors (Lipinski definition) is 1. The lowest BCUT2D eigenvalue weighted by Gasteiger charge is -2.34. The van der Waals surface area contributed by atoms with Crippen LogP contribution in [0.3, 0.4) is 0 Å². The van der Waals surface area contributed by atoms with Crippen molar-refractivity contribution >= 4 is 22.8 Å². The van der Waals surface area contributed by atoms with Gasteiger partial charge in [-0.25, -0.2) is 24.1 Å². The van der Waals surface area contributed by atoms with Gasteiger partial charge in [-0.05, 0) is 58.2 Å². The first-order chi connectivity index (χ1) is 15.7. The van der Waals surface area contributed by atoms with Crippen LogP contribution in [0.15, 0.2) is 35.5 Å². The van der Waals surface area contributed by atoms with Crippen LogP contribution in [0.2, 0.25) is 0 Å². The Hall–Kier alpha value is -3.69. The zero-order valence-electron chi connectivity index (χ0n) is 19.2. The molecule has 0 spiro atoms. The number of hydrogen-bond acceptors (Lipinski definition) is 6. The summed E-state index contributed by atoms with van der Waals surface area (Å²) in [7, 11) is 0. The number of piperidine rings is 1. The smallest absolute Gasteiger partial charge is 0.410 e. The van der Waals surface area contributed by atoms with Gasteiger partial charge in [0.05, 0.1) is 29.5 Å². The number of carbonyl (C=O) groups excluding carboxylic acids is 1. The van der Waals surface area contributed by atoms with E-state index in [2.05, 4.69) is 15.1 Å². The summed E-state index contributed by atoms with van der Waals surface area (Å²) < 4.78 is 8.96. The lowest BCUT2D eigenvalue weighted by molar-refractivity contribution is 0.0172. The molecule has 5 heterocycles. The van der Waals surface area contributed by atoms with Crippen molar-refractivity contribution in [2.24, 2.45) is 0 Å². The first kappa shape index (κ1) is 21.2. The molecule has 0 aromatic carbocycles. The summed E-state index contributed by atoms with van der Waals surface area (Å²) in [5, 5.41) is 4.39. The maximum Gasteiger partial charge on any atom is 0.410 e. The van der Waals surface area contributed by atoms with Crippen LogP contribution in [0.25, 0.3) is 28.1 Å². The molecule has 33 heavy (non-hydrogen) atoms. The topological polar surface area (TPSA) is 110 Å².